The van der Waals surface area contributed by atoms with Gasteiger partial charge in [0, 0.05) is 0 Å². The van der Waals surface area contributed by atoms with E-state index in [1.165, 1.54) is 0 Å². The lowest BCUT2D eigenvalue weighted by Crippen LogP contribution is -2.49. The van der Waals surface area contributed by atoms with Crippen molar-refractivity contribution in [3.05, 3.63) is 35.9 Å². The fourth-order valence-corrected chi connectivity index (χ4v) is 3.56. The topological polar surface area (TPSA) is 108 Å². The molecule has 0 heterocycles. The molecule has 0 aliphatic heterocycles. The van der Waals surface area contributed by atoms with Crippen LogP contribution in [-0.2, 0) is 39.9 Å². The monoisotopic (exact) mass is 464 g/mol. The molecular formula is C25H36O8. The van der Waals surface area contributed by atoms with Gasteiger partial charge in [0.1, 0.15) is 24.4 Å². The standard InChI is InChI=1S/C25H36O8/c1-24(2,3)32-22(28)17-12-19(26)20(13-18(17)23(29)33-25(4,5)6)30-15-21(27)31-14-16-10-8-7-9-11-16/h7-11,17-20,26H,12-15H2,1-6H3/t17-,18-,19-,20+/m0/s1. The molecular weight excluding hydrogens is 428 g/mol. The Labute approximate surface area is 195 Å². The van der Waals surface area contributed by atoms with E-state index in [0.29, 0.717) is 0 Å². The van der Waals surface area contributed by atoms with E-state index in [9.17, 15) is 19.5 Å². The van der Waals surface area contributed by atoms with Crippen LogP contribution in [-0.4, -0.2) is 53.0 Å². The molecule has 0 saturated heterocycles. The summed E-state index contributed by atoms with van der Waals surface area (Å²) in [6, 6.07) is 9.22. The summed E-state index contributed by atoms with van der Waals surface area (Å²) < 4.78 is 21.8. The molecule has 0 spiro atoms. The Hall–Kier alpha value is -2.45. The molecule has 1 fully saturated rings. The molecule has 0 radical (unpaired) electrons. The van der Waals surface area contributed by atoms with Crippen LogP contribution >= 0.6 is 0 Å². The molecule has 1 N–H and O–H groups in total. The first-order valence-electron chi connectivity index (χ1n) is 11.2. The van der Waals surface area contributed by atoms with E-state index in [1.807, 2.05) is 30.3 Å². The lowest BCUT2D eigenvalue weighted by Gasteiger charge is -2.38. The van der Waals surface area contributed by atoms with Crippen LogP contribution in [0.1, 0.15) is 59.9 Å². The molecule has 1 saturated carbocycles. The maximum absolute atomic E-state index is 12.9. The molecule has 0 bridgehead atoms. The third-order valence-corrected chi connectivity index (χ3v) is 4.97. The van der Waals surface area contributed by atoms with Gasteiger partial charge in [0.15, 0.2) is 0 Å². The summed E-state index contributed by atoms with van der Waals surface area (Å²) in [5.41, 5.74) is -0.645. The van der Waals surface area contributed by atoms with E-state index in [2.05, 4.69) is 0 Å². The first-order chi connectivity index (χ1) is 15.2. The van der Waals surface area contributed by atoms with Crippen molar-refractivity contribution in [2.24, 2.45) is 11.8 Å². The van der Waals surface area contributed by atoms with Gasteiger partial charge >= 0.3 is 17.9 Å². The summed E-state index contributed by atoms with van der Waals surface area (Å²) in [5, 5.41) is 10.6. The molecule has 1 aromatic carbocycles. The summed E-state index contributed by atoms with van der Waals surface area (Å²) >= 11 is 0. The number of benzene rings is 1. The highest BCUT2D eigenvalue weighted by atomic mass is 16.6. The molecule has 8 heteroatoms. The molecule has 2 rings (SSSR count). The van der Waals surface area contributed by atoms with E-state index in [1.54, 1.807) is 41.5 Å². The number of carbonyl (C=O) groups excluding carboxylic acids is 3. The predicted molar refractivity (Wildman–Crippen MR) is 120 cm³/mol. The van der Waals surface area contributed by atoms with E-state index >= 15 is 0 Å². The van der Waals surface area contributed by atoms with Crippen molar-refractivity contribution in [2.75, 3.05) is 6.61 Å². The summed E-state index contributed by atoms with van der Waals surface area (Å²) in [6.45, 7) is 10.1. The molecule has 0 unspecified atom stereocenters. The minimum Gasteiger partial charge on any atom is -0.460 e. The van der Waals surface area contributed by atoms with E-state index in [-0.39, 0.29) is 26.1 Å². The van der Waals surface area contributed by atoms with E-state index in [4.69, 9.17) is 18.9 Å². The number of aliphatic hydroxyl groups is 1. The van der Waals surface area contributed by atoms with Crippen molar-refractivity contribution in [1.82, 2.24) is 0 Å². The second kappa shape index (κ2) is 11.1. The Balaban J connectivity index is 2.03. The van der Waals surface area contributed by atoms with Crippen LogP contribution in [0.2, 0.25) is 0 Å². The Kier molecular flexibility index (Phi) is 9.03. The minimum absolute atomic E-state index is 0.0198. The van der Waals surface area contributed by atoms with Gasteiger partial charge in [-0.2, -0.15) is 0 Å². The number of hydrogen-bond donors (Lipinski definition) is 1. The molecule has 184 valence electrons. The summed E-state index contributed by atoms with van der Waals surface area (Å²) in [5.74, 6) is -3.47. The molecule has 8 nitrogen and oxygen atoms in total. The highest BCUT2D eigenvalue weighted by molar-refractivity contribution is 5.83. The quantitative estimate of drug-likeness (QED) is 0.484. The van der Waals surface area contributed by atoms with Gasteiger partial charge in [-0.25, -0.2) is 4.79 Å². The molecule has 1 aliphatic rings. The number of hydrogen-bond acceptors (Lipinski definition) is 8. The third-order valence-electron chi connectivity index (χ3n) is 4.97. The van der Waals surface area contributed by atoms with Gasteiger partial charge in [0.2, 0.25) is 0 Å². The Morgan fingerprint density at radius 2 is 1.39 bits per heavy atom. The van der Waals surface area contributed by atoms with Gasteiger partial charge in [-0.05, 0) is 59.9 Å². The fraction of sp³-hybridized carbons (Fsp3) is 0.640. The number of esters is 3. The summed E-state index contributed by atoms with van der Waals surface area (Å²) in [7, 11) is 0. The van der Waals surface area contributed by atoms with E-state index < -0.39 is 53.2 Å². The maximum atomic E-state index is 12.9. The van der Waals surface area contributed by atoms with Gasteiger partial charge in [-0.3, -0.25) is 9.59 Å². The van der Waals surface area contributed by atoms with E-state index in [0.717, 1.165) is 5.56 Å². The van der Waals surface area contributed by atoms with Gasteiger partial charge < -0.3 is 24.1 Å². The fourth-order valence-electron chi connectivity index (χ4n) is 3.56. The number of ether oxygens (including phenoxy) is 4. The van der Waals surface area contributed by atoms with Crippen LogP contribution in [0.5, 0.6) is 0 Å². The summed E-state index contributed by atoms with van der Waals surface area (Å²) in [6.07, 6.45) is -1.90. The molecule has 0 aromatic heterocycles. The zero-order valence-corrected chi connectivity index (χ0v) is 20.3. The highest BCUT2D eigenvalue weighted by Crippen LogP contribution is 2.36. The van der Waals surface area contributed by atoms with Crippen molar-refractivity contribution < 1.29 is 38.4 Å². The second-order valence-electron chi connectivity index (χ2n) is 10.3. The van der Waals surface area contributed by atoms with Gasteiger partial charge in [0.25, 0.3) is 0 Å². The molecule has 1 aromatic rings. The predicted octanol–water partition coefficient (Wildman–Crippen LogP) is 3.19. The van der Waals surface area contributed by atoms with Crippen LogP contribution < -0.4 is 0 Å². The highest BCUT2D eigenvalue weighted by Gasteiger charge is 2.47. The Morgan fingerprint density at radius 1 is 0.879 bits per heavy atom. The number of carbonyl (C=O) groups is 3. The molecule has 4 atom stereocenters. The first kappa shape index (κ1) is 26.8. The van der Waals surface area contributed by atoms with Crippen LogP contribution in [0.15, 0.2) is 30.3 Å². The smallest absolute Gasteiger partial charge is 0.332 e. The minimum atomic E-state index is -1.05. The molecule has 33 heavy (non-hydrogen) atoms. The lowest BCUT2D eigenvalue weighted by molar-refractivity contribution is -0.185. The van der Waals surface area contributed by atoms with Crippen molar-refractivity contribution in [2.45, 2.75) is 84.4 Å². The van der Waals surface area contributed by atoms with Gasteiger partial charge in [0.05, 0.1) is 24.0 Å². The van der Waals surface area contributed by atoms with Crippen molar-refractivity contribution in [3.63, 3.8) is 0 Å². The summed E-state index contributed by atoms with van der Waals surface area (Å²) in [4.78, 5) is 37.8. The number of aliphatic hydroxyl groups excluding tert-OH is 1. The molecule has 0 amide bonds. The average molecular weight is 465 g/mol. The van der Waals surface area contributed by atoms with Crippen LogP contribution in [0.25, 0.3) is 0 Å². The van der Waals surface area contributed by atoms with Gasteiger partial charge in [-0.15, -0.1) is 0 Å². The van der Waals surface area contributed by atoms with Crippen LogP contribution in [0.3, 0.4) is 0 Å². The van der Waals surface area contributed by atoms with Crippen LogP contribution in [0, 0.1) is 11.8 Å². The van der Waals surface area contributed by atoms with Gasteiger partial charge in [-0.1, -0.05) is 30.3 Å². The Bertz CT molecular complexity index is 806. The zero-order valence-electron chi connectivity index (χ0n) is 20.3. The third kappa shape index (κ3) is 9.14. The largest absolute Gasteiger partial charge is 0.460 e. The second-order valence-corrected chi connectivity index (χ2v) is 10.3. The number of rotatable bonds is 7. The lowest BCUT2D eigenvalue weighted by atomic mass is 9.76. The average Bonchev–Trinajstić information content (AvgIpc) is 2.69. The zero-order chi connectivity index (χ0) is 24.8. The van der Waals surface area contributed by atoms with Crippen molar-refractivity contribution >= 4 is 17.9 Å². The van der Waals surface area contributed by atoms with Crippen molar-refractivity contribution in [1.29, 1.82) is 0 Å². The SMILES string of the molecule is CC(C)(C)OC(=O)[C@H]1C[C@H](O)[C@H](OCC(=O)OCc2ccccc2)C[C@@H]1C(=O)OC(C)(C)C. The maximum Gasteiger partial charge on any atom is 0.332 e. The van der Waals surface area contributed by atoms with Crippen molar-refractivity contribution in [3.8, 4) is 0 Å². The van der Waals surface area contributed by atoms with Crippen LogP contribution in [0.4, 0.5) is 0 Å². The Morgan fingerprint density at radius 3 is 1.91 bits per heavy atom. The first-order valence-corrected chi connectivity index (χ1v) is 11.2. The molecule has 1 aliphatic carbocycles. The normalized spacial score (nSPS) is 23.5.